The largest absolute Gasteiger partial charge is 0.300 e. The number of hydrogen-bond acceptors (Lipinski definition) is 2. The average molecular weight is 224 g/mol. The van der Waals surface area contributed by atoms with Crippen LogP contribution in [0, 0.1) is 17.3 Å². The zero-order valence-corrected chi connectivity index (χ0v) is 11.0. The van der Waals surface area contributed by atoms with E-state index in [0.717, 1.165) is 25.7 Å². The Balaban J connectivity index is 2.38. The molecule has 0 radical (unpaired) electrons. The van der Waals surface area contributed by atoms with Gasteiger partial charge in [-0.25, -0.2) is 0 Å². The lowest BCUT2D eigenvalue weighted by Gasteiger charge is -2.28. The molecule has 0 aromatic rings. The second-order valence-corrected chi connectivity index (χ2v) is 6.21. The van der Waals surface area contributed by atoms with Crippen molar-refractivity contribution in [3.05, 3.63) is 0 Å². The molecule has 92 valence electrons. The van der Waals surface area contributed by atoms with Crippen molar-refractivity contribution >= 4 is 11.6 Å². The first-order valence-electron chi connectivity index (χ1n) is 6.34. The van der Waals surface area contributed by atoms with E-state index in [4.69, 9.17) is 0 Å². The molecular formula is C14H24O2. The summed E-state index contributed by atoms with van der Waals surface area (Å²) in [7, 11) is 0. The maximum Gasteiger partial charge on any atom is 0.138 e. The number of rotatable bonds is 3. The van der Waals surface area contributed by atoms with E-state index in [1.807, 2.05) is 20.8 Å². The molecule has 0 aliphatic heterocycles. The van der Waals surface area contributed by atoms with E-state index in [-0.39, 0.29) is 11.3 Å². The molecule has 1 aliphatic rings. The summed E-state index contributed by atoms with van der Waals surface area (Å²) in [4.78, 5) is 23.1. The third kappa shape index (κ3) is 3.73. The van der Waals surface area contributed by atoms with Crippen LogP contribution in [0.25, 0.3) is 0 Å². The van der Waals surface area contributed by atoms with Crippen molar-refractivity contribution in [1.29, 1.82) is 0 Å². The predicted molar refractivity (Wildman–Crippen MR) is 65.2 cm³/mol. The monoisotopic (exact) mass is 224 g/mol. The van der Waals surface area contributed by atoms with Gasteiger partial charge in [0.15, 0.2) is 0 Å². The van der Waals surface area contributed by atoms with Gasteiger partial charge in [-0.05, 0) is 38.5 Å². The smallest absolute Gasteiger partial charge is 0.138 e. The van der Waals surface area contributed by atoms with Crippen LogP contribution in [0.2, 0.25) is 0 Å². The minimum absolute atomic E-state index is 0.211. The van der Waals surface area contributed by atoms with Crippen molar-refractivity contribution in [2.45, 2.75) is 59.8 Å². The zero-order chi connectivity index (χ0) is 12.3. The highest BCUT2D eigenvalue weighted by Crippen LogP contribution is 2.33. The minimum atomic E-state index is -0.211. The second kappa shape index (κ2) is 5.11. The molecule has 1 rings (SSSR count). The van der Waals surface area contributed by atoms with Gasteiger partial charge >= 0.3 is 0 Å². The Hall–Kier alpha value is -0.660. The van der Waals surface area contributed by atoms with Crippen LogP contribution in [-0.4, -0.2) is 11.6 Å². The van der Waals surface area contributed by atoms with Gasteiger partial charge in [-0.15, -0.1) is 0 Å². The Labute approximate surface area is 98.8 Å². The molecule has 0 unspecified atom stereocenters. The normalized spacial score (nSPS) is 26.5. The molecule has 0 atom stereocenters. The molecule has 1 fully saturated rings. The van der Waals surface area contributed by atoms with Crippen LogP contribution in [0.4, 0.5) is 0 Å². The summed E-state index contributed by atoms with van der Waals surface area (Å²) < 4.78 is 0. The van der Waals surface area contributed by atoms with Crippen LogP contribution in [0.5, 0.6) is 0 Å². The second-order valence-electron chi connectivity index (χ2n) is 6.21. The molecule has 16 heavy (non-hydrogen) atoms. The van der Waals surface area contributed by atoms with Crippen molar-refractivity contribution < 1.29 is 9.59 Å². The lowest BCUT2D eigenvalue weighted by atomic mass is 9.76. The molecule has 0 N–H and O–H groups in total. The van der Waals surface area contributed by atoms with Crippen LogP contribution in [0.3, 0.4) is 0 Å². The standard InChI is InChI=1S/C14H24O2/c1-10(15)12-7-5-11(6-8-12)9-13(16)14(2,3)4/h11-12H,5-9H2,1-4H3. The Kier molecular flexibility index (Phi) is 4.28. The lowest BCUT2D eigenvalue weighted by Crippen LogP contribution is -2.26. The summed E-state index contributed by atoms with van der Waals surface area (Å²) in [6.07, 6.45) is 4.76. The molecule has 0 aromatic carbocycles. The summed E-state index contributed by atoms with van der Waals surface area (Å²) in [6, 6.07) is 0. The summed E-state index contributed by atoms with van der Waals surface area (Å²) in [6.45, 7) is 7.63. The van der Waals surface area contributed by atoms with Crippen LogP contribution in [0.15, 0.2) is 0 Å². The molecule has 2 nitrogen and oxygen atoms in total. The highest BCUT2D eigenvalue weighted by atomic mass is 16.1. The molecule has 1 saturated carbocycles. The Morgan fingerprint density at radius 3 is 1.94 bits per heavy atom. The van der Waals surface area contributed by atoms with E-state index in [0.29, 0.717) is 23.9 Å². The van der Waals surface area contributed by atoms with Crippen molar-refractivity contribution in [3.63, 3.8) is 0 Å². The molecule has 1 aliphatic carbocycles. The first-order valence-corrected chi connectivity index (χ1v) is 6.34. The topological polar surface area (TPSA) is 34.1 Å². The number of carbonyl (C=O) groups is 2. The SMILES string of the molecule is CC(=O)C1CCC(CC(=O)C(C)(C)C)CC1. The van der Waals surface area contributed by atoms with Gasteiger partial charge in [0.2, 0.25) is 0 Å². The fourth-order valence-corrected chi connectivity index (χ4v) is 2.34. The molecule has 0 spiro atoms. The molecule has 2 heteroatoms. The van der Waals surface area contributed by atoms with Gasteiger partial charge in [0.25, 0.3) is 0 Å². The van der Waals surface area contributed by atoms with Crippen molar-refractivity contribution in [1.82, 2.24) is 0 Å². The van der Waals surface area contributed by atoms with Crippen LogP contribution < -0.4 is 0 Å². The van der Waals surface area contributed by atoms with Crippen LogP contribution >= 0.6 is 0 Å². The summed E-state index contributed by atoms with van der Waals surface area (Å²) >= 11 is 0. The maximum atomic E-state index is 11.9. The van der Waals surface area contributed by atoms with E-state index in [2.05, 4.69) is 0 Å². The summed E-state index contributed by atoms with van der Waals surface area (Å²) in [5.74, 6) is 1.46. The Morgan fingerprint density at radius 2 is 1.56 bits per heavy atom. The molecule has 0 aromatic heterocycles. The van der Waals surface area contributed by atoms with Crippen molar-refractivity contribution in [3.8, 4) is 0 Å². The van der Waals surface area contributed by atoms with E-state index in [9.17, 15) is 9.59 Å². The Morgan fingerprint density at radius 1 is 1.06 bits per heavy atom. The van der Waals surface area contributed by atoms with E-state index in [1.165, 1.54) is 0 Å². The number of ketones is 2. The summed E-state index contributed by atoms with van der Waals surface area (Å²) in [5.41, 5.74) is -0.211. The predicted octanol–water partition coefficient (Wildman–Crippen LogP) is 3.39. The van der Waals surface area contributed by atoms with Gasteiger partial charge in [-0.1, -0.05) is 20.8 Å². The number of carbonyl (C=O) groups excluding carboxylic acids is 2. The highest BCUT2D eigenvalue weighted by molar-refractivity contribution is 5.84. The first kappa shape index (κ1) is 13.4. The number of Topliss-reactive ketones (excluding diaryl/α,β-unsaturated/α-hetero) is 2. The van der Waals surface area contributed by atoms with Gasteiger partial charge in [-0.3, -0.25) is 9.59 Å². The molecule has 0 heterocycles. The lowest BCUT2D eigenvalue weighted by molar-refractivity contribution is -0.127. The fraction of sp³-hybridized carbons (Fsp3) is 0.857. The molecule has 0 amide bonds. The average Bonchev–Trinajstić information content (AvgIpc) is 2.17. The number of hydrogen-bond donors (Lipinski definition) is 0. The van der Waals surface area contributed by atoms with E-state index >= 15 is 0 Å². The molecule has 0 saturated heterocycles. The van der Waals surface area contributed by atoms with Crippen molar-refractivity contribution in [2.24, 2.45) is 17.3 Å². The highest BCUT2D eigenvalue weighted by Gasteiger charge is 2.28. The third-order valence-electron chi connectivity index (χ3n) is 3.73. The van der Waals surface area contributed by atoms with E-state index in [1.54, 1.807) is 6.92 Å². The zero-order valence-electron chi connectivity index (χ0n) is 11.0. The van der Waals surface area contributed by atoms with Gasteiger partial charge in [0, 0.05) is 17.8 Å². The molecule has 0 bridgehead atoms. The van der Waals surface area contributed by atoms with Gasteiger partial charge in [0.1, 0.15) is 11.6 Å². The van der Waals surface area contributed by atoms with Gasteiger partial charge in [0.05, 0.1) is 0 Å². The van der Waals surface area contributed by atoms with Gasteiger partial charge in [-0.2, -0.15) is 0 Å². The van der Waals surface area contributed by atoms with Crippen LogP contribution in [0.1, 0.15) is 59.8 Å². The third-order valence-corrected chi connectivity index (χ3v) is 3.73. The maximum absolute atomic E-state index is 11.9. The quantitative estimate of drug-likeness (QED) is 0.736. The summed E-state index contributed by atoms with van der Waals surface area (Å²) in [5, 5.41) is 0. The fourth-order valence-electron chi connectivity index (χ4n) is 2.34. The van der Waals surface area contributed by atoms with E-state index < -0.39 is 0 Å². The van der Waals surface area contributed by atoms with Gasteiger partial charge < -0.3 is 0 Å². The van der Waals surface area contributed by atoms with Crippen molar-refractivity contribution in [2.75, 3.05) is 0 Å². The first-order chi connectivity index (χ1) is 7.30. The minimum Gasteiger partial charge on any atom is -0.300 e. The molecular weight excluding hydrogens is 200 g/mol. The Bertz CT molecular complexity index is 265. The van der Waals surface area contributed by atoms with Crippen LogP contribution in [-0.2, 0) is 9.59 Å².